The Morgan fingerprint density at radius 1 is 1.20 bits per heavy atom. The van der Waals surface area contributed by atoms with E-state index in [1.54, 1.807) is 0 Å². The van der Waals surface area contributed by atoms with Gasteiger partial charge in [0.05, 0.1) is 0 Å². The molecule has 0 radical (unpaired) electrons. The minimum Gasteiger partial charge on any atom is -0.449 e. The molecule has 3 nitrogen and oxygen atoms in total. The summed E-state index contributed by atoms with van der Waals surface area (Å²) in [6.07, 6.45) is 3.93. The molecule has 15 heavy (non-hydrogen) atoms. The third kappa shape index (κ3) is 1.54. The highest BCUT2D eigenvalue weighted by molar-refractivity contribution is 14.1. The Morgan fingerprint density at radius 2 is 2.13 bits per heavy atom. The molecule has 0 aliphatic rings. The van der Waals surface area contributed by atoms with Gasteiger partial charge in [-0.1, -0.05) is 6.07 Å². The molecular weight excluding hydrogens is 303 g/mol. The Kier molecular flexibility index (Phi) is 2.02. The predicted octanol–water partition coefficient (Wildman–Crippen LogP) is 3.20. The number of rotatable bonds is 1. The van der Waals surface area contributed by atoms with Crippen LogP contribution in [-0.2, 0) is 0 Å². The van der Waals surface area contributed by atoms with Crippen LogP contribution in [0.25, 0.3) is 17.1 Å². The molecular formula is C11H7IN2O. The Bertz CT molecular complexity index is 579. The first-order valence-electron chi connectivity index (χ1n) is 4.52. The van der Waals surface area contributed by atoms with Crippen molar-refractivity contribution < 1.29 is 4.42 Å². The summed E-state index contributed by atoms with van der Waals surface area (Å²) >= 11 is 2.14. The third-order valence-corrected chi connectivity index (χ3v) is 2.77. The number of aromatic nitrogens is 2. The standard InChI is InChI=1S/C11H7IN2O/c12-10-5-4-9(15-10)8-7-14-6-2-1-3-11(14)13-8/h1-7H. The van der Waals surface area contributed by atoms with Crippen molar-refractivity contribution in [2.75, 3.05) is 0 Å². The first-order chi connectivity index (χ1) is 7.33. The number of imidazole rings is 1. The van der Waals surface area contributed by atoms with Gasteiger partial charge in [0.2, 0.25) is 0 Å². The summed E-state index contributed by atoms with van der Waals surface area (Å²) in [7, 11) is 0. The van der Waals surface area contributed by atoms with Crippen molar-refractivity contribution in [1.29, 1.82) is 0 Å². The minimum atomic E-state index is 0.808. The van der Waals surface area contributed by atoms with Gasteiger partial charge in [0.15, 0.2) is 9.53 Å². The number of fused-ring (bicyclic) bond motifs is 1. The van der Waals surface area contributed by atoms with Gasteiger partial charge in [0.1, 0.15) is 11.3 Å². The first kappa shape index (κ1) is 8.96. The number of hydrogen-bond acceptors (Lipinski definition) is 2. The van der Waals surface area contributed by atoms with Crippen molar-refractivity contribution in [3.05, 3.63) is 46.5 Å². The average molecular weight is 310 g/mol. The molecule has 0 amide bonds. The molecule has 74 valence electrons. The van der Waals surface area contributed by atoms with E-state index in [-0.39, 0.29) is 0 Å². The first-order valence-corrected chi connectivity index (χ1v) is 5.60. The molecule has 0 bridgehead atoms. The minimum absolute atomic E-state index is 0.808. The average Bonchev–Trinajstić information content (AvgIpc) is 2.82. The van der Waals surface area contributed by atoms with Crippen LogP contribution in [0.3, 0.4) is 0 Å². The maximum atomic E-state index is 5.51. The molecule has 0 aliphatic heterocycles. The van der Waals surface area contributed by atoms with Crippen LogP contribution in [0.5, 0.6) is 0 Å². The fraction of sp³-hybridized carbons (Fsp3) is 0. The number of halogens is 1. The summed E-state index contributed by atoms with van der Waals surface area (Å²) in [6, 6.07) is 9.78. The van der Waals surface area contributed by atoms with Crippen molar-refractivity contribution in [3.63, 3.8) is 0 Å². The van der Waals surface area contributed by atoms with E-state index in [1.807, 2.05) is 47.1 Å². The number of nitrogens with zero attached hydrogens (tertiary/aromatic N) is 2. The summed E-state index contributed by atoms with van der Waals surface area (Å²) in [5.74, 6) is 0.808. The molecule has 3 rings (SSSR count). The lowest BCUT2D eigenvalue weighted by atomic mass is 10.4. The van der Waals surface area contributed by atoms with E-state index in [9.17, 15) is 0 Å². The zero-order chi connectivity index (χ0) is 10.3. The van der Waals surface area contributed by atoms with Gasteiger partial charge in [-0.15, -0.1) is 0 Å². The Labute approximate surface area is 99.9 Å². The highest BCUT2D eigenvalue weighted by Gasteiger charge is 2.07. The topological polar surface area (TPSA) is 30.4 Å². The normalized spacial score (nSPS) is 11.0. The number of pyridine rings is 1. The largest absolute Gasteiger partial charge is 0.449 e. The molecule has 0 atom stereocenters. The monoisotopic (exact) mass is 310 g/mol. The quantitative estimate of drug-likeness (QED) is 0.646. The van der Waals surface area contributed by atoms with E-state index in [4.69, 9.17) is 4.42 Å². The fourth-order valence-corrected chi connectivity index (χ4v) is 1.92. The van der Waals surface area contributed by atoms with Crippen molar-refractivity contribution >= 4 is 28.2 Å². The van der Waals surface area contributed by atoms with E-state index in [1.165, 1.54) is 0 Å². The lowest BCUT2D eigenvalue weighted by molar-refractivity contribution is 0.551. The molecule has 0 N–H and O–H groups in total. The van der Waals surface area contributed by atoms with E-state index in [2.05, 4.69) is 27.6 Å². The molecule has 0 aromatic carbocycles. The van der Waals surface area contributed by atoms with Crippen LogP contribution >= 0.6 is 22.6 Å². The van der Waals surface area contributed by atoms with Crippen molar-refractivity contribution in [2.45, 2.75) is 0 Å². The van der Waals surface area contributed by atoms with Gasteiger partial charge in [0, 0.05) is 12.4 Å². The molecule has 0 fully saturated rings. The summed E-state index contributed by atoms with van der Waals surface area (Å²) < 4.78 is 8.36. The van der Waals surface area contributed by atoms with Gasteiger partial charge < -0.3 is 8.82 Å². The van der Waals surface area contributed by atoms with Crippen LogP contribution in [0, 0.1) is 3.77 Å². The van der Waals surface area contributed by atoms with Gasteiger partial charge in [0.25, 0.3) is 0 Å². The van der Waals surface area contributed by atoms with Crippen molar-refractivity contribution in [3.8, 4) is 11.5 Å². The Morgan fingerprint density at radius 3 is 2.87 bits per heavy atom. The van der Waals surface area contributed by atoms with Gasteiger partial charge in [-0.2, -0.15) is 0 Å². The lowest BCUT2D eigenvalue weighted by Gasteiger charge is -1.86. The van der Waals surface area contributed by atoms with Crippen LogP contribution in [0.2, 0.25) is 0 Å². The second-order valence-corrected chi connectivity index (χ2v) is 4.26. The van der Waals surface area contributed by atoms with Crippen molar-refractivity contribution in [1.82, 2.24) is 9.38 Å². The van der Waals surface area contributed by atoms with Crippen LogP contribution in [0.1, 0.15) is 0 Å². The molecule has 0 unspecified atom stereocenters. The molecule has 3 heterocycles. The zero-order valence-electron chi connectivity index (χ0n) is 7.72. The molecule has 0 saturated carbocycles. The predicted molar refractivity (Wildman–Crippen MR) is 65.6 cm³/mol. The second-order valence-electron chi connectivity index (χ2n) is 3.20. The molecule has 4 heteroatoms. The highest BCUT2D eigenvalue weighted by Crippen LogP contribution is 2.22. The van der Waals surface area contributed by atoms with Gasteiger partial charge in [-0.3, -0.25) is 0 Å². The smallest absolute Gasteiger partial charge is 0.164 e. The summed E-state index contributed by atoms with van der Waals surface area (Å²) in [5.41, 5.74) is 1.79. The molecule has 3 aromatic rings. The van der Waals surface area contributed by atoms with Gasteiger partial charge in [-0.05, 0) is 46.9 Å². The van der Waals surface area contributed by atoms with Crippen molar-refractivity contribution in [2.24, 2.45) is 0 Å². The lowest BCUT2D eigenvalue weighted by Crippen LogP contribution is -1.77. The fourth-order valence-electron chi connectivity index (χ4n) is 1.51. The van der Waals surface area contributed by atoms with E-state index < -0.39 is 0 Å². The molecule has 0 spiro atoms. The molecule has 3 aromatic heterocycles. The van der Waals surface area contributed by atoms with E-state index >= 15 is 0 Å². The number of furan rings is 1. The Balaban J connectivity index is 2.19. The van der Waals surface area contributed by atoms with E-state index in [0.717, 1.165) is 20.9 Å². The van der Waals surface area contributed by atoms with Crippen LogP contribution < -0.4 is 0 Å². The van der Waals surface area contributed by atoms with E-state index in [0.29, 0.717) is 0 Å². The van der Waals surface area contributed by atoms with Crippen LogP contribution in [-0.4, -0.2) is 9.38 Å². The summed E-state index contributed by atoms with van der Waals surface area (Å²) in [5, 5.41) is 0. The SMILES string of the molecule is Ic1ccc(-c2cn3ccccc3n2)o1. The molecule has 0 saturated heterocycles. The maximum absolute atomic E-state index is 5.51. The number of hydrogen-bond donors (Lipinski definition) is 0. The molecule has 0 aliphatic carbocycles. The van der Waals surface area contributed by atoms with Gasteiger partial charge in [-0.25, -0.2) is 4.98 Å². The van der Waals surface area contributed by atoms with Gasteiger partial charge >= 0.3 is 0 Å². The summed E-state index contributed by atoms with van der Waals surface area (Å²) in [6.45, 7) is 0. The maximum Gasteiger partial charge on any atom is 0.164 e. The third-order valence-electron chi connectivity index (χ3n) is 2.19. The second kappa shape index (κ2) is 3.37. The highest BCUT2D eigenvalue weighted by atomic mass is 127. The van der Waals surface area contributed by atoms with Crippen LogP contribution in [0.4, 0.5) is 0 Å². The van der Waals surface area contributed by atoms with Crippen LogP contribution in [0.15, 0.2) is 47.1 Å². The summed E-state index contributed by atoms with van der Waals surface area (Å²) in [4.78, 5) is 4.46. The Hall–Kier alpha value is -1.30. The zero-order valence-corrected chi connectivity index (χ0v) is 9.88.